The van der Waals surface area contributed by atoms with Crippen molar-refractivity contribution in [3.05, 3.63) is 35.4 Å². The molecule has 0 bridgehead atoms. The van der Waals surface area contributed by atoms with E-state index in [0.717, 1.165) is 5.56 Å². The second kappa shape index (κ2) is 6.76. The van der Waals surface area contributed by atoms with Crippen molar-refractivity contribution in [3.8, 4) is 0 Å². The van der Waals surface area contributed by atoms with Gasteiger partial charge in [-0.25, -0.2) is 0 Å². The van der Waals surface area contributed by atoms with E-state index in [9.17, 15) is 4.79 Å². The number of halogens is 1. The third-order valence-corrected chi connectivity index (χ3v) is 2.86. The lowest BCUT2D eigenvalue weighted by atomic mass is 10.1. The highest BCUT2D eigenvalue weighted by molar-refractivity contribution is 6.17. The topological polar surface area (TPSA) is 38.3 Å². The summed E-state index contributed by atoms with van der Waals surface area (Å²) in [5.41, 5.74) is 1.21. The van der Waals surface area contributed by atoms with Crippen molar-refractivity contribution in [3.63, 3.8) is 0 Å². The average molecular weight is 270 g/mol. The van der Waals surface area contributed by atoms with Crippen LogP contribution < -0.4 is 5.32 Å². The number of hydrogen-bond donors (Lipinski definition) is 1. The lowest BCUT2D eigenvalue weighted by Gasteiger charge is -2.24. The normalized spacial score (nSPS) is 11.3. The van der Waals surface area contributed by atoms with Crippen molar-refractivity contribution in [2.45, 2.75) is 32.3 Å². The van der Waals surface area contributed by atoms with Crippen LogP contribution in [0.5, 0.6) is 0 Å². The van der Waals surface area contributed by atoms with Crippen LogP contribution in [-0.4, -0.2) is 24.7 Å². The fraction of sp³-hybridized carbons (Fsp3) is 0.500. The van der Waals surface area contributed by atoms with Crippen molar-refractivity contribution in [2.24, 2.45) is 0 Å². The van der Waals surface area contributed by atoms with Crippen LogP contribution in [-0.2, 0) is 10.6 Å². The van der Waals surface area contributed by atoms with Gasteiger partial charge < -0.3 is 10.1 Å². The summed E-state index contributed by atoms with van der Waals surface area (Å²) in [6.07, 6.45) is 0. The number of alkyl halides is 1. The highest BCUT2D eigenvalue weighted by atomic mass is 35.5. The van der Waals surface area contributed by atoms with Gasteiger partial charge in [0.25, 0.3) is 5.91 Å². The Balaban J connectivity index is 2.60. The fourth-order valence-electron chi connectivity index (χ4n) is 1.63. The summed E-state index contributed by atoms with van der Waals surface area (Å²) in [4.78, 5) is 12.0. The first-order chi connectivity index (χ1) is 8.48. The molecule has 0 saturated carbocycles. The average Bonchev–Trinajstić information content (AvgIpc) is 2.36. The monoisotopic (exact) mass is 269 g/mol. The van der Waals surface area contributed by atoms with Crippen LogP contribution in [0.25, 0.3) is 0 Å². The Hall–Kier alpha value is -1.06. The van der Waals surface area contributed by atoms with Crippen molar-refractivity contribution in [1.29, 1.82) is 0 Å². The Labute approximate surface area is 113 Å². The molecule has 0 saturated heterocycles. The van der Waals surface area contributed by atoms with Gasteiger partial charge in [-0.05, 0) is 38.5 Å². The van der Waals surface area contributed by atoms with E-state index in [1.807, 2.05) is 32.9 Å². The van der Waals surface area contributed by atoms with Gasteiger partial charge in [-0.3, -0.25) is 4.79 Å². The molecule has 18 heavy (non-hydrogen) atoms. The molecule has 1 aromatic carbocycles. The minimum Gasteiger partial charge on any atom is -0.374 e. The molecule has 0 aliphatic heterocycles. The van der Waals surface area contributed by atoms with E-state index >= 15 is 0 Å². The van der Waals surface area contributed by atoms with Crippen molar-refractivity contribution < 1.29 is 9.53 Å². The van der Waals surface area contributed by atoms with E-state index in [4.69, 9.17) is 16.3 Å². The smallest absolute Gasteiger partial charge is 0.251 e. The van der Waals surface area contributed by atoms with E-state index < -0.39 is 0 Å². The summed E-state index contributed by atoms with van der Waals surface area (Å²) in [5, 5.41) is 2.87. The van der Waals surface area contributed by atoms with Crippen LogP contribution in [0, 0.1) is 0 Å². The fourth-order valence-corrected chi connectivity index (χ4v) is 1.80. The molecule has 0 spiro atoms. The Kier molecular flexibility index (Phi) is 5.63. The molecule has 1 N–H and O–H groups in total. The van der Waals surface area contributed by atoms with Gasteiger partial charge in [-0.2, -0.15) is 0 Å². The zero-order chi connectivity index (χ0) is 13.6. The van der Waals surface area contributed by atoms with Crippen LogP contribution >= 0.6 is 11.6 Å². The highest BCUT2D eigenvalue weighted by Crippen LogP contribution is 2.10. The maximum absolute atomic E-state index is 12.0. The number of benzene rings is 1. The molecule has 0 aliphatic rings. The van der Waals surface area contributed by atoms with Gasteiger partial charge in [0, 0.05) is 24.6 Å². The molecule has 1 amide bonds. The summed E-state index contributed by atoms with van der Waals surface area (Å²) in [6.45, 7) is 6.95. The van der Waals surface area contributed by atoms with Gasteiger partial charge in [-0.1, -0.05) is 12.1 Å². The largest absolute Gasteiger partial charge is 0.374 e. The molecular formula is C14H20ClNO2. The minimum absolute atomic E-state index is 0.102. The lowest BCUT2D eigenvalue weighted by molar-refractivity contribution is -0.00815. The van der Waals surface area contributed by atoms with Gasteiger partial charge in [0.05, 0.1) is 5.60 Å². The lowest BCUT2D eigenvalue weighted by Crippen LogP contribution is -2.40. The van der Waals surface area contributed by atoms with Crippen molar-refractivity contribution >= 4 is 17.5 Å². The second-order valence-electron chi connectivity index (χ2n) is 4.71. The summed E-state index contributed by atoms with van der Waals surface area (Å²) in [7, 11) is 0. The zero-order valence-electron chi connectivity index (χ0n) is 11.1. The first kappa shape index (κ1) is 15.0. The first-order valence-electron chi connectivity index (χ1n) is 6.05. The van der Waals surface area contributed by atoms with Gasteiger partial charge in [0.15, 0.2) is 0 Å². The quantitative estimate of drug-likeness (QED) is 0.807. The summed E-state index contributed by atoms with van der Waals surface area (Å²) in [5.74, 6) is 0.306. The SMILES string of the molecule is CCOC(C)(C)CNC(=O)c1cccc(CCl)c1. The van der Waals surface area contributed by atoms with Crippen molar-refractivity contribution in [1.82, 2.24) is 5.32 Å². The maximum Gasteiger partial charge on any atom is 0.251 e. The molecule has 0 aliphatic carbocycles. The molecule has 0 atom stereocenters. The van der Waals surface area contributed by atoms with Gasteiger partial charge >= 0.3 is 0 Å². The number of amides is 1. The highest BCUT2D eigenvalue weighted by Gasteiger charge is 2.18. The van der Waals surface area contributed by atoms with E-state index in [2.05, 4.69) is 5.32 Å². The number of nitrogens with one attached hydrogen (secondary N) is 1. The Bertz CT molecular complexity index is 405. The van der Waals surface area contributed by atoms with Crippen molar-refractivity contribution in [2.75, 3.05) is 13.2 Å². The molecule has 1 aromatic rings. The molecule has 1 rings (SSSR count). The summed E-state index contributed by atoms with van der Waals surface area (Å²) < 4.78 is 5.52. The Morgan fingerprint density at radius 3 is 2.78 bits per heavy atom. The predicted molar refractivity (Wildman–Crippen MR) is 74.0 cm³/mol. The number of carbonyl (C=O) groups excluding carboxylic acids is 1. The molecule has 0 unspecified atom stereocenters. The van der Waals surface area contributed by atoms with Crippen LogP contribution in [0.2, 0.25) is 0 Å². The molecule has 100 valence electrons. The number of rotatable bonds is 6. The van der Waals surface area contributed by atoms with E-state index in [-0.39, 0.29) is 11.5 Å². The molecule has 0 fully saturated rings. The van der Waals surface area contributed by atoms with Crippen LogP contribution in [0.3, 0.4) is 0 Å². The number of carbonyl (C=O) groups is 1. The van der Waals surface area contributed by atoms with E-state index in [1.165, 1.54) is 0 Å². The van der Waals surface area contributed by atoms with E-state index in [0.29, 0.717) is 24.6 Å². The molecule has 0 aromatic heterocycles. The summed E-state index contributed by atoms with van der Waals surface area (Å²) in [6, 6.07) is 7.31. The van der Waals surface area contributed by atoms with Gasteiger partial charge in [0.2, 0.25) is 0 Å². The van der Waals surface area contributed by atoms with Crippen LogP contribution in [0.15, 0.2) is 24.3 Å². The Morgan fingerprint density at radius 2 is 2.17 bits per heavy atom. The predicted octanol–water partition coefficient (Wildman–Crippen LogP) is 2.97. The standard InChI is InChI=1S/C14H20ClNO2/c1-4-18-14(2,3)10-16-13(17)12-7-5-6-11(8-12)9-15/h5-8H,4,9-10H2,1-3H3,(H,16,17). The zero-order valence-corrected chi connectivity index (χ0v) is 11.9. The molecule has 4 heteroatoms. The Morgan fingerprint density at radius 1 is 1.44 bits per heavy atom. The van der Waals surface area contributed by atoms with Crippen LogP contribution in [0.4, 0.5) is 0 Å². The number of hydrogen-bond acceptors (Lipinski definition) is 2. The third kappa shape index (κ3) is 4.67. The molecular weight excluding hydrogens is 250 g/mol. The van der Waals surface area contributed by atoms with Crippen LogP contribution in [0.1, 0.15) is 36.7 Å². The number of ether oxygens (including phenoxy) is 1. The third-order valence-electron chi connectivity index (χ3n) is 2.55. The summed E-state index contributed by atoms with van der Waals surface area (Å²) >= 11 is 5.74. The minimum atomic E-state index is -0.353. The van der Waals surface area contributed by atoms with E-state index in [1.54, 1.807) is 12.1 Å². The van der Waals surface area contributed by atoms with Gasteiger partial charge in [0.1, 0.15) is 0 Å². The molecule has 0 heterocycles. The van der Waals surface area contributed by atoms with Gasteiger partial charge in [-0.15, -0.1) is 11.6 Å². The molecule has 3 nitrogen and oxygen atoms in total. The first-order valence-corrected chi connectivity index (χ1v) is 6.59. The second-order valence-corrected chi connectivity index (χ2v) is 4.98. The molecule has 0 radical (unpaired) electrons. The maximum atomic E-state index is 12.0.